The van der Waals surface area contributed by atoms with Gasteiger partial charge in [0.05, 0.1) is 0 Å². The highest BCUT2D eigenvalue weighted by molar-refractivity contribution is 14.1. The van der Waals surface area contributed by atoms with Crippen molar-refractivity contribution in [2.45, 2.75) is 51.5 Å². The molecule has 112 valence electrons. The van der Waals surface area contributed by atoms with Crippen LogP contribution in [0.15, 0.2) is 0 Å². The van der Waals surface area contributed by atoms with Gasteiger partial charge in [-0.2, -0.15) is 0 Å². The monoisotopic (exact) mass is 379 g/mol. The van der Waals surface area contributed by atoms with Gasteiger partial charge in [0.15, 0.2) is 0 Å². The van der Waals surface area contributed by atoms with Gasteiger partial charge in [-0.25, -0.2) is 3.11 Å². The number of hydrogen-bond donors (Lipinski definition) is 0. The average molecular weight is 379 g/mol. The Labute approximate surface area is 133 Å². The molecule has 3 nitrogen and oxygen atoms in total. The summed E-state index contributed by atoms with van der Waals surface area (Å²) in [5.74, 6) is 0. The van der Waals surface area contributed by atoms with Crippen LogP contribution in [0.5, 0.6) is 0 Å². The molecule has 0 N–H and O–H groups in total. The molecule has 2 saturated heterocycles. The van der Waals surface area contributed by atoms with Gasteiger partial charge in [0.25, 0.3) is 0 Å². The van der Waals surface area contributed by atoms with E-state index in [1.54, 1.807) is 0 Å². The van der Waals surface area contributed by atoms with Crippen molar-refractivity contribution < 1.29 is 0 Å². The quantitative estimate of drug-likeness (QED) is 0.399. The van der Waals surface area contributed by atoms with Crippen molar-refractivity contribution in [1.29, 1.82) is 0 Å². The van der Waals surface area contributed by atoms with E-state index in [-0.39, 0.29) is 0 Å². The van der Waals surface area contributed by atoms with E-state index >= 15 is 0 Å². The minimum Gasteiger partial charge on any atom is -0.301 e. The second kappa shape index (κ2) is 8.80. The van der Waals surface area contributed by atoms with Gasteiger partial charge >= 0.3 is 0 Å². The summed E-state index contributed by atoms with van der Waals surface area (Å²) in [5.41, 5.74) is 0. The van der Waals surface area contributed by atoms with E-state index in [4.69, 9.17) is 0 Å². The normalized spacial score (nSPS) is 24.9. The van der Waals surface area contributed by atoms with Crippen molar-refractivity contribution in [1.82, 2.24) is 12.9 Å². The van der Waals surface area contributed by atoms with E-state index in [2.05, 4.69) is 42.7 Å². The summed E-state index contributed by atoms with van der Waals surface area (Å²) in [6, 6.07) is 0.869. The largest absolute Gasteiger partial charge is 0.301 e. The molecular formula is C15H30IN3. The molecule has 0 atom stereocenters. The molecule has 2 aliphatic heterocycles. The van der Waals surface area contributed by atoms with Gasteiger partial charge in [-0.3, -0.25) is 4.90 Å². The zero-order valence-electron chi connectivity index (χ0n) is 12.5. The van der Waals surface area contributed by atoms with Crippen LogP contribution in [0, 0.1) is 0 Å². The summed E-state index contributed by atoms with van der Waals surface area (Å²) in [6.07, 6.45) is 8.34. The highest BCUT2D eigenvalue weighted by Crippen LogP contribution is 2.20. The first kappa shape index (κ1) is 16.0. The fraction of sp³-hybridized carbons (Fsp3) is 1.00. The van der Waals surface area contributed by atoms with Crippen molar-refractivity contribution in [2.24, 2.45) is 0 Å². The van der Waals surface area contributed by atoms with Crippen LogP contribution in [-0.4, -0.2) is 64.8 Å². The Morgan fingerprint density at radius 2 is 1.58 bits per heavy atom. The first-order valence-electron chi connectivity index (χ1n) is 8.16. The fourth-order valence-electron chi connectivity index (χ4n) is 3.31. The van der Waals surface area contributed by atoms with Crippen molar-refractivity contribution in [3.05, 3.63) is 0 Å². The van der Waals surface area contributed by atoms with Crippen LogP contribution < -0.4 is 0 Å². The maximum Gasteiger partial charge on any atom is 0.0201 e. The van der Waals surface area contributed by atoms with Crippen molar-refractivity contribution >= 4 is 22.9 Å². The third kappa shape index (κ3) is 5.48. The SMILES string of the molecule is CCCCCCN1CCN(C2CCN(I)CC2)CC1. The molecule has 2 heterocycles. The van der Waals surface area contributed by atoms with Crippen LogP contribution >= 0.6 is 22.9 Å². The molecule has 2 aliphatic rings. The van der Waals surface area contributed by atoms with Crippen LogP contribution in [0.3, 0.4) is 0 Å². The van der Waals surface area contributed by atoms with Crippen LogP contribution in [0.1, 0.15) is 45.4 Å². The molecular weight excluding hydrogens is 349 g/mol. The van der Waals surface area contributed by atoms with Crippen LogP contribution in [0.25, 0.3) is 0 Å². The second-order valence-corrected chi connectivity index (χ2v) is 7.44. The molecule has 0 radical (unpaired) electrons. The van der Waals surface area contributed by atoms with Gasteiger partial charge in [-0.05, 0) is 25.8 Å². The Morgan fingerprint density at radius 3 is 2.21 bits per heavy atom. The molecule has 0 aromatic rings. The van der Waals surface area contributed by atoms with Crippen LogP contribution in [0.2, 0.25) is 0 Å². The average Bonchev–Trinajstić information content (AvgIpc) is 2.45. The van der Waals surface area contributed by atoms with E-state index in [0.717, 1.165) is 6.04 Å². The van der Waals surface area contributed by atoms with E-state index in [9.17, 15) is 0 Å². The number of hydrogen-bond acceptors (Lipinski definition) is 3. The fourth-order valence-corrected chi connectivity index (χ4v) is 3.87. The molecule has 0 aromatic heterocycles. The molecule has 0 unspecified atom stereocenters. The lowest BCUT2D eigenvalue weighted by Gasteiger charge is -2.41. The maximum atomic E-state index is 2.76. The van der Waals surface area contributed by atoms with Gasteiger partial charge in [0.2, 0.25) is 0 Å². The van der Waals surface area contributed by atoms with Crippen molar-refractivity contribution in [3.8, 4) is 0 Å². The first-order valence-corrected chi connectivity index (χ1v) is 9.13. The number of piperazine rings is 1. The predicted octanol–water partition coefficient (Wildman–Crippen LogP) is 3.00. The molecule has 4 heteroatoms. The molecule has 0 spiro atoms. The molecule has 0 saturated carbocycles. The number of piperidine rings is 1. The highest BCUT2D eigenvalue weighted by Gasteiger charge is 2.26. The van der Waals surface area contributed by atoms with Gasteiger partial charge in [-0.1, -0.05) is 26.2 Å². The first-order chi connectivity index (χ1) is 9.29. The molecule has 2 rings (SSSR count). The summed E-state index contributed by atoms with van der Waals surface area (Å²) in [5, 5.41) is 0. The standard InChI is InChI=1S/C15H30IN3/c1-2-3-4-5-8-17-11-13-18(14-12-17)15-6-9-19(16)10-7-15/h15H,2-14H2,1H3. The minimum absolute atomic E-state index is 0.869. The van der Waals surface area contributed by atoms with E-state index in [1.165, 1.54) is 84.3 Å². The molecule has 19 heavy (non-hydrogen) atoms. The van der Waals surface area contributed by atoms with Gasteiger partial charge < -0.3 is 4.90 Å². The number of nitrogens with zero attached hydrogens (tertiary/aromatic N) is 3. The summed E-state index contributed by atoms with van der Waals surface area (Å²) in [6.45, 7) is 11.4. The van der Waals surface area contributed by atoms with Gasteiger partial charge in [0.1, 0.15) is 0 Å². The maximum absolute atomic E-state index is 2.76. The number of rotatable bonds is 6. The van der Waals surface area contributed by atoms with E-state index in [1.807, 2.05) is 0 Å². The lowest BCUT2D eigenvalue weighted by molar-refractivity contribution is 0.0749. The Balaban J connectivity index is 1.59. The predicted molar refractivity (Wildman–Crippen MR) is 90.8 cm³/mol. The third-order valence-electron chi connectivity index (χ3n) is 4.66. The Hall–Kier alpha value is 0.610. The molecule has 0 bridgehead atoms. The molecule has 2 fully saturated rings. The zero-order valence-corrected chi connectivity index (χ0v) is 14.6. The Bertz CT molecular complexity index is 234. The summed E-state index contributed by atoms with van der Waals surface area (Å²) >= 11 is 2.47. The van der Waals surface area contributed by atoms with Gasteiger partial charge in [-0.15, -0.1) is 0 Å². The topological polar surface area (TPSA) is 9.72 Å². The number of halogens is 1. The highest BCUT2D eigenvalue weighted by atomic mass is 127. The minimum atomic E-state index is 0.869. The van der Waals surface area contributed by atoms with E-state index < -0.39 is 0 Å². The lowest BCUT2D eigenvalue weighted by atomic mass is 10.0. The van der Waals surface area contributed by atoms with Crippen LogP contribution in [0.4, 0.5) is 0 Å². The lowest BCUT2D eigenvalue weighted by Crippen LogP contribution is -2.52. The molecule has 0 aliphatic carbocycles. The van der Waals surface area contributed by atoms with Gasteiger partial charge in [0, 0.05) is 68.2 Å². The Morgan fingerprint density at radius 1 is 0.895 bits per heavy atom. The van der Waals surface area contributed by atoms with Crippen LogP contribution in [-0.2, 0) is 0 Å². The summed E-state index contributed by atoms with van der Waals surface area (Å²) in [7, 11) is 0. The second-order valence-electron chi connectivity index (χ2n) is 6.08. The third-order valence-corrected chi connectivity index (χ3v) is 5.63. The van der Waals surface area contributed by atoms with Crippen molar-refractivity contribution in [2.75, 3.05) is 45.8 Å². The smallest absolute Gasteiger partial charge is 0.0201 e. The zero-order chi connectivity index (χ0) is 13.5. The van der Waals surface area contributed by atoms with Crippen molar-refractivity contribution in [3.63, 3.8) is 0 Å². The summed E-state index contributed by atoms with van der Waals surface area (Å²) < 4.78 is 2.44. The Kier molecular flexibility index (Phi) is 7.40. The molecule has 0 amide bonds. The number of unbranched alkanes of at least 4 members (excludes halogenated alkanes) is 3. The van der Waals surface area contributed by atoms with E-state index in [0.29, 0.717) is 0 Å². The summed E-state index contributed by atoms with van der Waals surface area (Å²) in [4.78, 5) is 5.44. The molecule has 0 aromatic carbocycles.